The van der Waals surface area contributed by atoms with Crippen molar-refractivity contribution in [3.8, 4) is 5.75 Å². The van der Waals surface area contributed by atoms with E-state index in [1.54, 1.807) is 18.2 Å². The van der Waals surface area contributed by atoms with Gasteiger partial charge in [0.25, 0.3) is 0 Å². The van der Waals surface area contributed by atoms with E-state index < -0.39 is 29.1 Å². The normalized spacial score (nSPS) is 38.6. The van der Waals surface area contributed by atoms with Crippen LogP contribution in [0.2, 0.25) is 0 Å². The number of hydrogen-bond donors (Lipinski definition) is 3. The van der Waals surface area contributed by atoms with Crippen LogP contribution in [0.5, 0.6) is 5.75 Å². The third kappa shape index (κ3) is 4.01. The molecule has 4 aliphatic rings. The molecule has 10 heteroatoms. The number of aromatic amines is 1. The zero-order valence-electron chi connectivity index (χ0n) is 22.7. The summed E-state index contributed by atoms with van der Waals surface area (Å²) in [6.45, 7) is 3.06. The second kappa shape index (κ2) is 9.49. The summed E-state index contributed by atoms with van der Waals surface area (Å²) in [7, 11) is 0. The number of hydrogen-bond acceptors (Lipinski definition) is 7. The van der Waals surface area contributed by atoms with Crippen LogP contribution in [0.4, 0.5) is 8.78 Å². The Morgan fingerprint density at radius 3 is 2.85 bits per heavy atom. The molecule has 0 spiro atoms. The van der Waals surface area contributed by atoms with Crippen molar-refractivity contribution < 1.29 is 33.3 Å². The number of aliphatic hydroxyl groups is 2. The maximum atomic E-state index is 13.8. The Bertz CT molecular complexity index is 1440. The van der Waals surface area contributed by atoms with Crippen molar-refractivity contribution in [2.45, 2.75) is 69.9 Å². The quantitative estimate of drug-likeness (QED) is 0.414. The van der Waals surface area contributed by atoms with Crippen molar-refractivity contribution in [3.05, 3.63) is 42.0 Å². The zero-order valence-corrected chi connectivity index (χ0v) is 23.5. The number of carbonyl (C=O) groups excluding carboxylic acids is 2. The SMILES string of the molecule is C[C@@H]1CC2C3CCC4=CC(=O)C=CC4(C)C3C(O)CC2(C)[C@@]1(O)C(=O)CSc1nc2ccc(OC(F)F)cc2[nH]1. The van der Waals surface area contributed by atoms with Gasteiger partial charge in [0.1, 0.15) is 11.4 Å². The predicted molar refractivity (Wildman–Crippen MR) is 146 cm³/mol. The van der Waals surface area contributed by atoms with E-state index in [0.717, 1.165) is 30.2 Å². The number of aliphatic hydroxyl groups excluding tert-OH is 1. The highest BCUT2D eigenvalue weighted by atomic mass is 32.2. The number of rotatable bonds is 6. The lowest BCUT2D eigenvalue weighted by atomic mass is 9.46. The number of halogens is 2. The number of nitrogens with one attached hydrogen (secondary N) is 1. The number of ether oxygens (including phenoxy) is 1. The summed E-state index contributed by atoms with van der Waals surface area (Å²) in [4.78, 5) is 33.4. The molecular weight excluding hydrogens is 538 g/mol. The van der Waals surface area contributed by atoms with Crippen molar-refractivity contribution >= 4 is 34.4 Å². The first kappa shape index (κ1) is 27.6. The number of ketones is 2. The van der Waals surface area contributed by atoms with E-state index in [2.05, 4.69) is 21.6 Å². The summed E-state index contributed by atoms with van der Waals surface area (Å²) in [5.41, 5.74) is -0.704. The molecule has 3 saturated carbocycles. The van der Waals surface area contributed by atoms with Crippen molar-refractivity contribution in [2.75, 3.05) is 5.75 Å². The van der Waals surface area contributed by atoms with Gasteiger partial charge in [-0.1, -0.05) is 44.2 Å². The maximum absolute atomic E-state index is 13.8. The highest BCUT2D eigenvalue weighted by molar-refractivity contribution is 7.99. The summed E-state index contributed by atoms with van der Waals surface area (Å²) in [5.74, 6) is -0.529. The fourth-order valence-corrected chi connectivity index (χ4v) is 9.54. The third-order valence-electron chi connectivity index (χ3n) is 10.5. The van der Waals surface area contributed by atoms with Gasteiger partial charge in [0.15, 0.2) is 16.7 Å². The average Bonchev–Trinajstić information content (AvgIpc) is 3.38. The largest absolute Gasteiger partial charge is 0.435 e. The molecule has 3 N–H and O–H groups in total. The molecule has 2 aromatic rings. The number of benzene rings is 1. The number of alkyl halides is 2. The summed E-state index contributed by atoms with van der Waals surface area (Å²) in [5, 5.41) is 24.2. The van der Waals surface area contributed by atoms with E-state index in [0.29, 0.717) is 29.0 Å². The van der Waals surface area contributed by atoms with Gasteiger partial charge in [-0.15, -0.1) is 0 Å². The van der Waals surface area contributed by atoms with Gasteiger partial charge in [0.05, 0.1) is 22.9 Å². The summed E-state index contributed by atoms with van der Waals surface area (Å²) < 4.78 is 29.6. The number of fused-ring (bicyclic) bond motifs is 6. The van der Waals surface area contributed by atoms with Crippen molar-refractivity contribution in [2.24, 2.45) is 34.5 Å². The first-order chi connectivity index (χ1) is 18.9. The molecule has 0 radical (unpaired) electrons. The summed E-state index contributed by atoms with van der Waals surface area (Å²) in [6.07, 6.45) is 7.11. The second-order valence-electron chi connectivity index (χ2n) is 12.4. The van der Waals surface area contributed by atoms with Gasteiger partial charge >= 0.3 is 6.61 Å². The lowest BCUT2D eigenvalue weighted by Gasteiger charge is -2.59. The molecule has 6 unspecified atom stereocenters. The highest BCUT2D eigenvalue weighted by Crippen LogP contribution is 2.68. The minimum Gasteiger partial charge on any atom is -0.435 e. The molecule has 1 aromatic carbocycles. The molecule has 1 heterocycles. The van der Waals surface area contributed by atoms with Crippen LogP contribution >= 0.6 is 11.8 Å². The van der Waals surface area contributed by atoms with E-state index in [9.17, 15) is 28.6 Å². The lowest BCUT2D eigenvalue weighted by Crippen LogP contribution is -2.62. The molecule has 4 aliphatic carbocycles. The number of nitrogens with zero attached hydrogens (tertiary/aromatic N) is 1. The van der Waals surface area contributed by atoms with E-state index in [1.807, 2.05) is 19.9 Å². The number of aromatic nitrogens is 2. The Morgan fingerprint density at radius 1 is 1.32 bits per heavy atom. The maximum Gasteiger partial charge on any atom is 0.387 e. The molecular formula is C30H34F2N2O5S. The van der Waals surface area contributed by atoms with E-state index in [1.165, 1.54) is 12.1 Å². The van der Waals surface area contributed by atoms with Gasteiger partial charge < -0.3 is 19.9 Å². The Morgan fingerprint density at radius 2 is 2.10 bits per heavy atom. The Balaban J connectivity index is 1.23. The van der Waals surface area contributed by atoms with Crippen LogP contribution in [0.15, 0.2) is 47.2 Å². The van der Waals surface area contributed by atoms with E-state index in [-0.39, 0.29) is 46.7 Å². The number of thioether (sulfide) groups is 1. The fourth-order valence-electron chi connectivity index (χ4n) is 8.71. The van der Waals surface area contributed by atoms with Crippen LogP contribution in [0.3, 0.4) is 0 Å². The lowest BCUT2D eigenvalue weighted by molar-refractivity contribution is -0.179. The monoisotopic (exact) mass is 572 g/mol. The van der Waals surface area contributed by atoms with Gasteiger partial charge in [-0.05, 0) is 67.7 Å². The van der Waals surface area contributed by atoms with Gasteiger partial charge in [-0.25, -0.2) is 4.98 Å². The van der Waals surface area contributed by atoms with Crippen LogP contribution < -0.4 is 4.74 Å². The number of allylic oxidation sites excluding steroid dienone is 4. The Kier molecular flexibility index (Phi) is 6.55. The number of imidazole rings is 1. The topological polar surface area (TPSA) is 113 Å². The van der Waals surface area contributed by atoms with Crippen molar-refractivity contribution in [1.82, 2.24) is 9.97 Å². The smallest absolute Gasteiger partial charge is 0.387 e. The molecule has 0 amide bonds. The molecule has 0 bridgehead atoms. The van der Waals surface area contributed by atoms with E-state index >= 15 is 0 Å². The van der Waals surface area contributed by atoms with Gasteiger partial charge in [0, 0.05) is 22.8 Å². The van der Waals surface area contributed by atoms with Gasteiger partial charge in [0.2, 0.25) is 0 Å². The Labute approximate surface area is 235 Å². The molecule has 0 aliphatic heterocycles. The molecule has 40 heavy (non-hydrogen) atoms. The van der Waals surface area contributed by atoms with Crippen LogP contribution in [0, 0.1) is 34.5 Å². The highest BCUT2D eigenvalue weighted by Gasteiger charge is 2.70. The van der Waals surface area contributed by atoms with Crippen LogP contribution in [0.1, 0.15) is 46.5 Å². The minimum atomic E-state index is -2.93. The number of carbonyl (C=O) groups is 2. The third-order valence-corrected chi connectivity index (χ3v) is 11.4. The van der Waals surface area contributed by atoms with Crippen LogP contribution in [-0.2, 0) is 9.59 Å². The molecule has 6 rings (SSSR count). The Hall–Kier alpha value is -2.56. The average molecular weight is 573 g/mol. The van der Waals surface area contributed by atoms with Crippen LogP contribution in [-0.4, -0.2) is 55.8 Å². The minimum absolute atomic E-state index is 0.00972. The number of Topliss-reactive ketones (excluding diaryl/α,β-unsaturated/α-hetero) is 1. The van der Waals surface area contributed by atoms with Crippen molar-refractivity contribution in [1.29, 1.82) is 0 Å². The first-order valence-corrected chi connectivity index (χ1v) is 14.8. The standard InChI is InChI=1S/C30H34F2N2O5S/c1-15-10-20-19-6-4-16-11-17(35)8-9-28(16,2)25(19)23(36)13-29(20,3)30(15,38)24(37)14-40-27-33-21-7-5-18(39-26(31)32)12-22(21)34-27/h5,7-9,11-12,15,19-20,23,25-26,36,38H,4,6,10,13-14H2,1-3H3,(H,33,34)/t15-,19?,20?,23?,25?,28?,29?,30+/m1/s1. The molecule has 0 saturated heterocycles. The van der Waals surface area contributed by atoms with Crippen LogP contribution in [0.25, 0.3) is 11.0 Å². The zero-order chi connectivity index (χ0) is 28.6. The van der Waals surface area contributed by atoms with Gasteiger partial charge in [-0.3, -0.25) is 9.59 Å². The molecule has 7 nitrogen and oxygen atoms in total. The second-order valence-corrected chi connectivity index (χ2v) is 13.4. The van der Waals surface area contributed by atoms with E-state index in [4.69, 9.17) is 0 Å². The molecule has 1 aromatic heterocycles. The summed E-state index contributed by atoms with van der Waals surface area (Å²) in [6, 6.07) is 4.41. The summed E-state index contributed by atoms with van der Waals surface area (Å²) >= 11 is 1.16. The number of H-pyrrole nitrogens is 1. The van der Waals surface area contributed by atoms with Crippen molar-refractivity contribution in [3.63, 3.8) is 0 Å². The molecule has 8 atom stereocenters. The van der Waals surface area contributed by atoms with Gasteiger partial charge in [-0.2, -0.15) is 8.78 Å². The molecule has 3 fully saturated rings. The predicted octanol–water partition coefficient (Wildman–Crippen LogP) is 5.08. The fraction of sp³-hybridized carbons (Fsp3) is 0.567. The first-order valence-electron chi connectivity index (χ1n) is 13.8. The molecule has 214 valence electrons.